The maximum absolute atomic E-state index is 12.8. The summed E-state index contributed by atoms with van der Waals surface area (Å²) < 4.78 is 6.18. The van der Waals surface area contributed by atoms with Crippen molar-refractivity contribution in [2.75, 3.05) is 43.5 Å². The van der Waals surface area contributed by atoms with Gasteiger partial charge in [-0.15, -0.1) is 0 Å². The smallest absolute Gasteiger partial charge is 0.227 e. The quantitative estimate of drug-likeness (QED) is 0.681. The van der Waals surface area contributed by atoms with Gasteiger partial charge in [0, 0.05) is 38.8 Å². The van der Waals surface area contributed by atoms with Crippen LogP contribution in [-0.4, -0.2) is 55.0 Å². The van der Waals surface area contributed by atoms with Crippen LogP contribution in [0.3, 0.4) is 0 Å². The molecule has 2 amide bonds. The highest BCUT2D eigenvalue weighted by Gasteiger charge is 2.21. The average Bonchev–Trinajstić information content (AvgIpc) is 3.14. The van der Waals surface area contributed by atoms with Gasteiger partial charge in [-0.3, -0.25) is 9.59 Å². The summed E-state index contributed by atoms with van der Waals surface area (Å²) in [5, 5.41) is 3.29. The van der Waals surface area contributed by atoms with Crippen molar-refractivity contribution in [2.24, 2.45) is 0 Å². The highest BCUT2D eigenvalue weighted by Crippen LogP contribution is 2.27. The summed E-state index contributed by atoms with van der Waals surface area (Å²) >= 11 is 1.42. The number of methoxy groups -OCH3 is 1. The number of amides is 2. The number of nitrogens with zero attached hydrogens (tertiary/aromatic N) is 3. The fraction of sp³-hybridized carbons (Fsp3) is 0.318. The number of nitrogens with one attached hydrogen (secondary N) is 1. The summed E-state index contributed by atoms with van der Waals surface area (Å²) in [7, 11) is 1.66. The van der Waals surface area contributed by atoms with Crippen molar-refractivity contribution in [3.05, 3.63) is 48.0 Å². The lowest BCUT2D eigenvalue weighted by molar-refractivity contribution is -0.130. The minimum atomic E-state index is -0.141. The Kier molecular flexibility index (Phi) is 5.85. The molecule has 0 atom stereocenters. The Morgan fingerprint density at radius 2 is 1.83 bits per heavy atom. The first-order valence-electron chi connectivity index (χ1n) is 9.85. The van der Waals surface area contributed by atoms with Gasteiger partial charge in [0.25, 0.3) is 0 Å². The molecular formula is C22H24N4O3S. The zero-order valence-corrected chi connectivity index (χ0v) is 17.9. The van der Waals surface area contributed by atoms with Crippen molar-refractivity contribution in [1.82, 2.24) is 9.88 Å². The van der Waals surface area contributed by atoms with Crippen LogP contribution in [0.25, 0.3) is 10.2 Å². The second-order valence-corrected chi connectivity index (χ2v) is 8.28. The number of anilines is 2. The van der Waals surface area contributed by atoms with Crippen LogP contribution in [0.4, 0.5) is 10.8 Å². The molecular weight excluding hydrogens is 400 g/mol. The first-order chi connectivity index (χ1) is 14.5. The molecule has 1 fully saturated rings. The Bertz CT molecular complexity index is 1060. The highest BCUT2D eigenvalue weighted by atomic mass is 32.1. The van der Waals surface area contributed by atoms with Gasteiger partial charge in [0.1, 0.15) is 5.75 Å². The minimum Gasteiger partial charge on any atom is -0.497 e. The molecule has 8 heteroatoms. The number of hydrogen-bond donors (Lipinski definition) is 1. The molecule has 2 heterocycles. The molecule has 1 aliphatic rings. The molecule has 1 aromatic heterocycles. The van der Waals surface area contributed by atoms with E-state index < -0.39 is 0 Å². The van der Waals surface area contributed by atoms with E-state index in [1.165, 1.54) is 18.3 Å². The molecule has 4 rings (SSSR count). The average molecular weight is 425 g/mol. The van der Waals surface area contributed by atoms with E-state index >= 15 is 0 Å². The zero-order chi connectivity index (χ0) is 21.1. The van der Waals surface area contributed by atoms with E-state index in [9.17, 15) is 9.59 Å². The summed E-state index contributed by atoms with van der Waals surface area (Å²) in [5.74, 6) is 0.836. The second kappa shape index (κ2) is 8.71. The maximum atomic E-state index is 12.8. The van der Waals surface area contributed by atoms with E-state index in [-0.39, 0.29) is 11.8 Å². The molecule has 3 aromatic rings. The SMILES string of the molecule is COc1ccc(N2CCN(C(=O)Cc3ccc4nc(NC(C)=O)sc4c3)CC2)cc1. The third-order valence-corrected chi connectivity index (χ3v) is 6.09. The fourth-order valence-electron chi connectivity index (χ4n) is 3.58. The number of aromatic nitrogens is 1. The van der Waals surface area contributed by atoms with Crippen LogP contribution in [0.2, 0.25) is 0 Å². The predicted molar refractivity (Wildman–Crippen MR) is 119 cm³/mol. The lowest BCUT2D eigenvalue weighted by atomic mass is 10.1. The zero-order valence-electron chi connectivity index (χ0n) is 17.1. The van der Waals surface area contributed by atoms with Crippen molar-refractivity contribution >= 4 is 44.2 Å². The molecule has 0 unspecified atom stereocenters. The van der Waals surface area contributed by atoms with E-state index in [1.807, 2.05) is 35.2 Å². The number of carbonyl (C=O) groups is 2. The fourth-order valence-corrected chi connectivity index (χ4v) is 4.55. The summed E-state index contributed by atoms with van der Waals surface area (Å²) in [6.45, 7) is 4.50. The number of thiazole rings is 1. The van der Waals surface area contributed by atoms with Crippen LogP contribution in [0, 0.1) is 0 Å². The number of fused-ring (bicyclic) bond motifs is 1. The van der Waals surface area contributed by atoms with E-state index in [0.29, 0.717) is 24.6 Å². The largest absolute Gasteiger partial charge is 0.497 e. The highest BCUT2D eigenvalue weighted by molar-refractivity contribution is 7.22. The van der Waals surface area contributed by atoms with Crippen LogP contribution >= 0.6 is 11.3 Å². The number of piperazine rings is 1. The van der Waals surface area contributed by atoms with Gasteiger partial charge < -0.3 is 19.9 Å². The predicted octanol–water partition coefficient (Wildman–Crippen LogP) is 3.15. The van der Waals surface area contributed by atoms with Gasteiger partial charge in [-0.1, -0.05) is 17.4 Å². The topological polar surface area (TPSA) is 74.8 Å². The summed E-state index contributed by atoms with van der Waals surface area (Å²) in [5.41, 5.74) is 2.93. The van der Waals surface area contributed by atoms with Crippen LogP contribution in [0.1, 0.15) is 12.5 Å². The molecule has 30 heavy (non-hydrogen) atoms. The maximum Gasteiger partial charge on any atom is 0.227 e. The van der Waals surface area contributed by atoms with Crippen molar-refractivity contribution in [3.63, 3.8) is 0 Å². The Labute approximate surface area is 179 Å². The molecule has 7 nitrogen and oxygen atoms in total. The lowest BCUT2D eigenvalue weighted by Crippen LogP contribution is -2.49. The number of rotatable bonds is 5. The monoisotopic (exact) mass is 424 g/mol. The standard InChI is InChI=1S/C22H24N4O3S/c1-15(27)23-22-24-19-8-3-16(13-20(19)30-22)14-21(28)26-11-9-25(10-12-26)17-4-6-18(29-2)7-5-17/h3-8,13H,9-12,14H2,1-2H3,(H,23,24,27). The first-order valence-corrected chi connectivity index (χ1v) is 10.7. The summed E-state index contributed by atoms with van der Waals surface area (Å²) in [6.07, 6.45) is 0.367. The Hall–Kier alpha value is -3.13. The van der Waals surface area contributed by atoms with Crippen LogP contribution < -0.4 is 15.0 Å². The van der Waals surface area contributed by atoms with E-state index in [0.717, 1.165) is 40.3 Å². The number of hydrogen-bond acceptors (Lipinski definition) is 6. The molecule has 156 valence electrons. The summed E-state index contributed by atoms with van der Waals surface area (Å²) in [6, 6.07) is 13.8. The van der Waals surface area contributed by atoms with Gasteiger partial charge >= 0.3 is 0 Å². The van der Waals surface area contributed by atoms with Gasteiger partial charge in [0.2, 0.25) is 11.8 Å². The molecule has 1 N–H and O–H groups in total. The molecule has 1 saturated heterocycles. The Morgan fingerprint density at radius 1 is 1.10 bits per heavy atom. The molecule has 2 aromatic carbocycles. The molecule has 1 aliphatic heterocycles. The number of carbonyl (C=O) groups excluding carboxylic acids is 2. The van der Waals surface area contributed by atoms with Gasteiger partial charge in [-0.25, -0.2) is 4.98 Å². The third kappa shape index (κ3) is 4.54. The van der Waals surface area contributed by atoms with Crippen molar-refractivity contribution in [1.29, 1.82) is 0 Å². The normalized spacial score (nSPS) is 14.1. The van der Waals surface area contributed by atoms with E-state index in [1.54, 1.807) is 7.11 Å². The van der Waals surface area contributed by atoms with Crippen molar-refractivity contribution in [2.45, 2.75) is 13.3 Å². The van der Waals surface area contributed by atoms with Crippen LogP contribution in [0.5, 0.6) is 5.75 Å². The van der Waals surface area contributed by atoms with E-state index in [2.05, 4.69) is 27.3 Å². The lowest BCUT2D eigenvalue weighted by Gasteiger charge is -2.36. The first kappa shape index (κ1) is 20.2. The molecule has 0 saturated carbocycles. The Balaban J connectivity index is 1.35. The molecule has 0 radical (unpaired) electrons. The molecule has 0 bridgehead atoms. The summed E-state index contributed by atoms with van der Waals surface area (Å²) in [4.78, 5) is 32.6. The van der Waals surface area contributed by atoms with Crippen LogP contribution in [-0.2, 0) is 16.0 Å². The third-order valence-electron chi connectivity index (χ3n) is 5.16. The molecule has 0 aliphatic carbocycles. The van der Waals surface area contributed by atoms with Gasteiger partial charge in [0.15, 0.2) is 5.13 Å². The van der Waals surface area contributed by atoms with Crippen LogP contribution in [0.15, 0.2) is 42.5 Å². The van der Waals surface area contributed by atoms with E-state index in [4.69, 9.17) is 4.74 Å². The molecule has 0 spiro atoms. The number of ether oxygens (including phenoxy) is 1. The van der Waals surface area contributed by atoms with Crippen molar-refractivity contribution in [3.8, 4) is 5.75 Å². The van der Waals surface area contributed by atoms with Gasteiger partial charge in [-0.2, -0.15) is 0 Å². The van der Waals surface area contributed by atoms with Gasteiger partial charge in [0.05, 0.1) is 23.7 Å². The minimum absolute atomic E-state index is 0.135. The van der Waals surface area contributed by atoms with Gasteiger partial charge in [-0.05, 0) is 42.0 Å². The van der Waals surface area contributed by atoms with Crippen molar-refractivity contribution < 1.29 is 14.3 Å². The second-order valence-electron chi connectivity index (χ2n) is 7.24. The Morgan fingerprint density at radius 3 is 2.50 bits per heavy atom. The number of benzene rings is 2.